The Hall–Kier alpha value is -2.65. The number of nitrogens with zero attached hydrogens (tertiary/aromatic N) is 1. The summed E-state index contributed by atoms with van der Waals surface area (Å²) in [5.74, 6) is -0.683. The van der Waals surface area contributed by atoms with Gasteiger partial charge in [-0.1, -0.05) is 0 Å². The molecule has 0 fully saturated rings. The fourth-order valence-corrected chi connectivity index (χ4v) is 1.37. The third-order valence-electron chi connectivity index (χ3n) is 2.09. The summed E-state index contributed by atoms with van der Waals surface area (Å²) in [4.78, 5) is 24.3. The van der Waals surface area contributed by atoms with Crippen molar-refractivity contribution in [2.75, 3.05) is 0 Å². The predicted molar refractivity (Wildman–Crippen MR) is 57.6 cm³/mol. The van der Waals surface area contributed by atoms with Gasteiger partial charge in [0.15, 0.2) is 0 Å². The van der Waals surface area contributed by atoms with Gasteiger partial charge in [0.25, 0.3) is 5.91 Å². The zero-order valence-electron chi connectivity index (χ0n) is 8.62. The van der Waals surface area contributed by atoms with Crippen LogP contribution in [0.25, 0.3) is 5.57 Å². The van der Waals surface area contributed by atoms with Crippen molar-refractivity contribution >= 4 is 17.6 Å². The molecule has 0 radical (unpaired) electrons. The lowest BCUT2D eigenvalue weighted by Crippen LogP contribution is -1.91. The number of amides is 1. The molecule has 84 valence electrons. The maximum atomic E-state index is 11.3. The highest BCUT2D eigenvalue weighted by Crippen LogP contribution is 2.24. The Morgan fingerprint density at radius 1 is 1.18 bits per heavy atom. The SMILES string of the molecule is O=C=NC(=O)C=C(c1ccoc1)c1ccoc1. The lowest BCUT2D eigenvalue weighted by atomic mass is 10.0. The van der Waals surface area contributed by atoms with E-state index in [1.165, 1.54) is 37.2 Å². The van der Waals surface area contributed by atoms with E-state index in [0.29, 0.717) is 16.7 Å². The van der Waals surface area contributed by atoms with Crippen LogP contribution >= 0.6 is 0 Å². The maximum Gasteiger partial charge on any atom is 0.281 e. The molecule has 0 spiro atoms. The van der Waals surface area contributed by atoms with E-state index in [0.717, 1.165) is 0 Å². The molecule has 2 rings (SSSR count). The van der Waals surface area contributed by atoms with Gasteiger partial charge < -0.3 is 8.83 Å². The van der Waals surface area contributed by atoms with E-state index < -0.39 is 5.91 Å². The van der Waals surface area contributed by atoms with Crippen molar-refractivity contribution in [2.45, 2.75) is 0 Å². The van der Waals surface area contributed by atoms with Crippen molar-refractivity contribution in [3.05, 3.63) is 54.4 Å². The van der Waals surface area contributed by atoms with E-state index in [4.69, 9.17) is 8.83 Å². The van der Waals surface area contributed by atoms with Crippen molar-refractivity contribution in [1.29, 1.82) is 0 Å². The Morgan fingerprint density at radius 3 is 2.18 bits per heavy atom. The number of aliphatic imine (C=N–C) groups is 1. The fraction of sp³-hybridized carbons (Fsp3) is 0. The molecule has 2 aromatic heterocycles. The van der Waals surface area contributed by atoms with Gasteiger partial charge in [-0.3, -0.25) is 4.79 Å². The second-order valence-electron chi connectivity index (χ2n) is 3.12. The lowest BCUT2D eigenvalue weighted by molar-refractivity contribution is -0.113. The number of isocyanates is 1. The molecule has 0 aromatic carbocycles. The summed E-state index contributed by atoms with van der Waals surface area (Å²) in [7, 11) is 0. The average Bonchev–Trinajstić information content (AvgIpc) is 3.00. The van der Waals surface area contributed by atoms with Crippen LogP contribution in [0.1, 0.15) is 11.1 Å². The molecule has 0 aliphatic rings. The van der Waals surface area contributed by atoms with E-state index in [9.17, 15) is 9.59 Å². The molecule has 5 heteroatoms. The van der Waals surface area contributed by atoms with Gasteiger partial charge in [-0.05, 0) is 12.1 Å². The highest BCUT2D eigenvalue weighted by Gasteiger charge is 2.09. The zero-order chi connectivity index (χ0) is 12.1. The Labute approximate surface area is 96.1 Å². The van der Waals surface area contributed by atoms with Gasteiger partial charge in [-0.25, -0.2) is 4.79 Å². The topological polar surface area (TPSA) is 72.8 Å². The number of carbonyl (C=O) groups is 1. The summed E-state index contributed by atoms with van der Waals surface area (Å²) in [5, 5.41) is 0. The number of rotatable bonds is 3. The third-order valence-corrected chi connectivity index (χ3v) is 2.09. The van der Waals surface area contributed by atoms with Crippen LogP contribution in [0, 0.1) is 0 Å². The maximum absolute atomic E-state index is 11.3. The molecule has 2 heterocycles. The van der Waals surface area contributed by atoms with Crippen LogP contribution in [0.15, 0.2) is 57.1 Å². The number of hydrogen-bond donors (Lipinski definition) is 0. The summed E-state index contributed by atoms with van der Waals surface area (Å²) < 4.78 is 9.89. The smallest absolute Gasteiger partial charge is 0.281 e. The summed E-state index contributed by atoms with van der Waals surface area (Å²) >= 11 is 0. The Morgan fingerprint density at radius 2 is 1.76 bits per heavy atom. The highest BCUT2D eigenvalue weighted by atomic mass is 16.3. The molecular formula is C12H7NO4. The van der Waals surface area contributed by atoms with Gasteiger partial charge in [0, 0.05) is 22.8 Å². The van der Waals surface area contributed by atoms with Crippen molar-refractivity contribution in [3.63, 3.8) is 0 Å². The number of carbonyl (C=O) groups excluding carboxylic acids is 2. The second-order valence-corrected chi connectivity index (χ2v) is 3.12. The molecule has 2 aromatic rings. The van der Waals surface area contributed by atoms with E-state index in [1.807, 2.05) is 0 Å². The minimum Gasteiger partial charge on any atom is -0.472 e. The number of furan rings is 2. The summed E-state index contributed by atoms with van der Waals surface area (Å²) in [6, 6.07) is 3.38. The van der Waals surface area contributed by atoms with Crippen LogP contribution in [-0.4, -0.2) is 12.0 Å². The highest BCUT2D eigenvalue weighted by molar-refractivity contribution is 6.00. The van der Waals surface area contributed by atoms with Crippen LogP contribution in [-0.2, 0) is 9.59 Å². The zero-order valence-corrected chi connectivity index (χ0v) is 8.62. The Bertz CT molecular complexity index is 536. The summed E-state index contributed by atoms with van der Waals surface area (Å²) in [5.41, 5.74) is 1.96. The van der Waals surface area contributed by atoms with Gasteiger partial charge in [0.1, 0.15) is 0 Å². The number of hydrogen-bond acceptors (Lipinski definition) is 4. The molecule has 0 saturated carbocycles. The largest absolute Gasteiger partial charge is 0.472 e. The Kier molecular flexibility index (Phi) is 3.14. The van der Waals surface area contributed by atoms with Crippen LogP contribution in [0.5, 0.6) is 0 Å². The van der Waals surface area contributed by atoms with E-state index in [1.54, 1.807) is 12.1 Å². The van der Waals surface area contributed by atoms with E-state index in [-0.39, 0.29) is 0 Å². The monoisotopic (exact) mass is 229 g/mol. The lowest BCUT2D eigenvalue weighted by Gasteiger charge is -1.99. The van der Waals surface area contributed by atoms with Crippen molar-refractivity contribution < 1.29 is 18.4 Å². The standard InChI is InChI=1S/C12H7NO4/c14-8-13-12(15)5-11(9-1-3-16-6-9)10-2-4-17-7-10/h1-7H. The molecule has 0 unspecified atom stereocenters. The van der Waals surface area contributed by atoms with Gasteiger partial charge >= 0.3 is 0 Å². The van der Waals surface area contributed by atoms with Crippen molar-refractivity contribution in [3.8, 4) is 0 Å². The van der Waals surface area contributed by atoms with Crippen LogP contribution < -0.4 is 0 Å². The molecule has 0 atom stereocenters. The molecule has 0 aliphatic heterocycles. The summed E-state index contributed by atoms with van der Waals surface area (Å²) in [6.07, 6.45) is 8.35. The van der Waals surface area contributed by atoms with Crippen LogP contribution in [0.3, 0.4) is 0 Å². The van der Waals surface area contributed by atoms with Crippen molar-refractivity contribution in [2.24, 2.45) is 4.99 Å². The van der Waals surface area contributed by atoms with Crippen LogP contribution in [0.4, 0.5) is 0 Å². The van der Waals surface area contributed by atoms with E-state index in [2.05, 4.69) is 4.99 Å². The van der Waals surface area contributed by atoms with Gasteiger partial charge in [-0.2, -0.15) is 0 Å². The third kappa shape index (κ3) is 2.48. The Balaban J connectivity index is 2.45. The molecule has 0 aliphatic carbocycles. The second kappa shape index (κ2) is 4.92. The first-order valence-corrected chi connectivity index (χ1v) is 4.70. The molecular weight excluding hydrogens is 222 g/mol. The molecule has 17 heavy (non-hydrogen) atoms. The molecule has 0 N–H and O–H groups in total. The quantitative estimate of drug-likeness (QED) is 0.459. The molecule has 0 saturated heterocycles. The first-order chi connectivity index (χ1) is 8.31. The normalized spacial score (nSPS) is 9.41. The van der Waals surface area contributed by atoms with E-state index >= 15 is 0 Å². The van der Waals surface area contributed by atoms with Crippen molar-refractivity contribution in [1.82, 2.24) is 0 Å². The minimum absolute atomic E-state index is 0.566. The van der Waals surface area contributed by atoms with Gasteiger partial charge in [0.05, 0.1) is 25.1 Å². The van der Waals surface area contributed by atoms with Crippen LogP contribution in [0.2, 0.25) is 0 Å². The first-order valence-electron chi connectivity index (χ1n) is 4.70. The van der Waals surface area contributed by atoms with Gasteiger partial charge in [-0.15, -0.1) is 4.99 Å². The average molecular weight is 229 g/mol. The first kappa shape index (κ1) is 10.9. The molecule has 5 nitrogen and oxygen atoms in total. The fourth-order valence-electron chi connectivity index (χ4n) is 1.37. The minimum atomic E-state index is -0.683. The summed E-state index contributed by atoms with van der Waals surface area (Å²) in [6.45, 7) is 0. The predicted octanol–water partition coefficient (Wildman–Crippen LogP) is 2.17. The molecule has 0 bridgehead atoms. The van der Waals surface area contributed by atoms with Gasteiger partial charge in [0.2, 0.25) is 6.08 Å². The molecule has 1 amide bonds.